The number of piperazine rings is 1. The molecule has 164 valence electrons. The van der Waals surface area contributed by atoms with Crippen LogP contribution in [0.2, 0.25) is 0 Å². The van der Waals surface area contributed by atoms with E-state index in [1.807, 2.05) is 26.8 Å². The normalized spacial score (nSPS) is 14.5. The van der Waals surface area contributed by atoms with Gasteiger partial charge in [0, 0.05) is 43.0 Å². The Bertz CT molecular complexity index is 1230. The molecule has 1 aliphatic heterocycles. The van der Waals surface area contributed by atoms with Gasteiger partial charge < -0.3 is 23.4 Å². The van der Waals surface area contributed by atoms with Crippen LogP contribution in [-0.4, -0.2) is 54.6 Å². The zero-order valence-electron chi connectivity index (χ0n) is 18.2. The van der Waals surface area contributed by atoms with Gasteiger partial charge in [-0.2, -0.15) is 0 Å². The molecule has 4 rings (SSSR count). The van der Waals surface area contributed by atoms with E-state index >= 15 is 0 Å². The summed E-state index contributed by atoms with van der Waals surface area (Å²) in [5, 5.41) is 1.76. The number of nitrogens with zero attached hydrogens (tertiary/aromatic N) is 2. The quantitative estimate of drug-likeness (QED) is 0.597. The Morgan fingerprint density at radius 3 is 2.23 bits per heavy atom. The zero-order valence-corrected chi connectivity index (χ0v) is 18.2. The van der Waals surface area contributed by atoms with E-state index in [1.165, 1.54) is 0 Å². The Balaban J connectivity index is 1.57. The molecule has 0 N–H and O–H groups in total. The third-order valence-corrected chi connectivity index (χ3v) is 6.07. The third-order valence-electron chi connectivity index (χ3n) is 6.07. The summed E-state index contributed by atoms with van der Waals surface area (Å²) in [4.78, 5) is 40.6. The molecule has 0 aliphatic carbocycles. The summed E-state index contributed by atoms with van der Waals surface area (Å²) in [7, 11) is 0. The Kier molecular flexibility index (Phi) is 5.47. The second kappa shape index (κ2) is 8.09. The van der Waals surface area contributed by atoms with Crippen LogP contribution in [0.15, 0.2) is 25.8 Å². The van der Waals surface area contributed by atoms with Crippen molar-refractivity contribution in [2.24, 2.45) is 0 Å². The molecule has 0 saturated carbocycles. The maximum absolute atomic E-state index is 12.9. The van der Waals surface area contributed by atoms with Crippen molar-refractivity contribution in [3.63, 3.8) is 0 Å². The average molecular weight is 426 g/mol. The van der Waals surface area contributed by atoms with E-state index in [2.05, 4.69) is 0 Å². The first-order valence-electron chi connectivity index (χ1n) is 10.5. The van der Waals surface area contributed by atoms with Crippen LogP contribution in [0.5, 0.6) is 0 Å². The van der Waals surface area contributed by atoms with Crippen LogP contribution < -0.4 is 5.63 Å². The second-order valence-electron chi connectivity index (χ2n) is 7.86. The number of rotatable bonds is 3. The van der Waals surface area contributed by atoms with Crippen LogP contribution in [0, 0.1) is 20.8 Å². The molecule has 0 bridgehead atoms. The Labute approximate surface area is 179 Å². The predicted molar refractivity (Wildman–Crippen MR) is 115 cm³/mol. The standard InChI is InChI=1S/C23H26N2O6/c1-5-29-23(28)25-8-6-24(7-9-25)21(26)11-18-14(3)17-10-16-13(2)15(4)30-19(16)12-20(17)31-22(18)27/h10,12H,5-9,11H2,1-4H3. The van der Waals surface area contributed by atoms with E-state index in [1.54, 1.807) is 22.8 Å². The highest BCUT2D eigenvalue weighted by molar-refractivity contribution is 5.97. The lowest BCUT2D eigenvalue weighted by Crippen LogP contribution is -2.51. The van der Waals surface area contributed by atoms with E-state index in [0.717, 1.165) is 27.7 Å². The van der Waals surface area contributed by atoms with Gasteiger partial charge in [-0.3, -0.25) is 4.79 Å². The van der Waals surface area contributed by atoms with Gasteiger partial charge >= 0.3 is 11.7 Å². The number of hydrogen-bond donors (Lipinski definition) is 0. The number of fused-ring (bicyclic) bond motifs is 2. The fourth-order valence-corrected chi connectivity index (χ4v) is 4.05. The third kappa shape index (κ3) is 3.78. The van der Waals surface area contributed by atoms with E-state index in [4.69, 9.17) is 13.6 Å². The van der Waals surface area contributed by atoms with Crippen molar-refractivity contribution in [2.75, 3.05) is 32.8 Å². The lowest BCUT2D eigenvalue weighted by Gasteiger charge is -2.34. The SMILES string of the molecule is CCOC(=O)N1CCN(C(=O)Cc2c(C)c3cc4c(C)c(C)oc4cc3oc2=O)CC1. The van der Waals surface area contributed by atoms with Crippen LogP contribution in [0.1, 0.15) is 29.4 Å². The first-order valence-corrected chi connectivity index (χ1v) is 10.5. The van der Waals surface area contributed by atoms with Gasteiger partial charge in [0.25, 0.3) is 0 Å². The molecule has 1 saturated heterocycles. The summed E-state index contributed by atoms with van der Waals surface area (Å²) < 4.78 is 16.3. The Morgan fingerprint density at radius 2 is 1.55 bits per heavy atom. The number of aryl methyl sites for hydroxylation is 3. The predicted octanol–water partition coefficient (Wildman–Crippen LogP) is 3.31. The lowest BCUT2D eigenvalue weighted by molar-refractivity contribution is -0.132. The fourth-order valence-electron chi connectivity index (χ4n) is 4.05. The summed E-state index contributed by atoms with van der Waals surface area (Å²) in [6.45, 7) is 9.44. The van der Waals surface area contributed by atoms with Gasteiger partial charge in [0.2, 0.25) is 5.91 Å². The molecule has 1 aromatic carbocycles. The van der Waals surface area contributed by atoms with Crippen molar-refractivity contribution in [3.8, 4) is 0 Å². The molecule has 3 heterocycles. The fraction of sp³-hybridized carbons (Fsp3) is 0.435. The lowest BCUT2D eigenvalue weighted by atomic mass is 10.0. The molecule has 0 unspecified atom stereocenters. The average Bonchev–Trinajstić information content (AvgIpc) is 3.03. The first kappa shape index (κ1) is 21.0. The monoisotopic (exact) mass is 426 g/mol. The molecule has 0 radical (unpaired) electrons. The minimum atomic E-state index is -0.511. The maximum Gasteiger partial charge on any atom is 0.409 e. The maximum atomic E-state index is 12.9. The molecule has 0 atom stereocenters. The van der Waals surface area contributed by atoms with Crippen LogP contribution in [0.3, 0.4) is 0 Å². The van der Waals surface area contributed by atoms with Crippen molar-refractivity contribution in [1.82, 2.24) is 9.80 Å². The Morgan fingerprint density at radius 1 is 0.935 bits per heavy atom. The topological polar surface area (TPSA) is 93.2 Å². The minimum Gasteiger partial charge on any atom is -0.461 e. The summed E-state index contributed by atoms with van der Waals surface area (Å²) in [6, 6.07) is 3.69. The van der Waals surface area contributed by atoms with Crippen LogP contribution in [0.4, 0.5) is 4.79 Å². The van der Waals surface area contributed by atoms with E-state index < -0.39 is 5.63 Å². The molecule has 3 aromatic rings. The smallest absolute Gasteiger partial charge is 0.409 e. The van der Waals surface area contributed by atoms with E-state index in [9.17, 15) is 14.4 Å². The number of carbonyl (C=O) groups excluding carboxylic acids is 2. The summed E-state index contributed by atoms with van der Waals surface area (Å²) in [6.07, 6.45) is -0.401. The molecule has 2 amide bonds. The molecule has 2 aromatic heterocycles. The van der Waals surface area contributed by atoms with Crippen molar-refractivity contribution in [2.45, 2.75) is 34.1 Å². The molecular formula is C23H26N2O6. The molecular weight excluding hydrogens is 400 g/mol. The summed E-state index contributed by atoms with van der Waals surface area (Å²) in [5.74, 6) is 0.664. The largest absolute Gasteiger partial charge is 0.461 e. The van der Waals surface area contributed by atoms with Gasteiger partial charge in [0.15, 0.2) is 0 Å². The van der Waals surface area contributed by atoms with Crippen LogP contribution >= 0.6 is 0 Å². The van der Waals surface area contributed by atoms with Crippen molar-refractivity contribution < 1.29 is 23.2 Å². The second-order valence-corrected chi connectivity index (χ2v) is 7.86. The molecule has 8 nitrogen and oxygen atoms in total. The molecule has 1 aliphatic rings. The minimum absolute atomic E-state index is 0.0368. The van der Waals surface area contributed by atoms with Gasteiger partial charge in [-0.15, -0.1) is 0 Å². The van der Waals surface area contributed by atoms with Gasteiger partial charge in [-0.05, 0) is 44.9 Å². The van der Waals surface area contributed by atoms with Gasteiger partial charge in [-0.1, -0.05) is 0 Å². The molecule has 1 fully saturated rings. The first-order chi connectivity index (χ1) is 14.8. The van der Waals surface area contributed by atoms with Gasteiger partial charge in [-0.25, -0.2) is 9.59 Å². The number of amides is 2. The number of benzene rings is 1. The molecule has 8 heteroatoms. The zero-order chi connectivity index (χ0) is 22.3. The van der Waals surface area contributed by atoms with E-state index in [0.29, 0.717) is 49.5 Å². The molecule has 31 heavy (non-hydrogen) atoms. The highest BCUT2D eigenvalue weighted by Gasteiger charge is 2.26. The number of hydrogen-bond acceptors (Lipinski definition) is 6. The van der Waals surface area contributed by atoms with Gasteiger partial charge in [0.05, 0.1) is 18.6 Å². The van der Waals surface area contributed by atoms with Crippen molar-refractivity contribution >= 4 is 33.9 Å². The molecule has 0 spiro atoms. The van der Waals surface area contributed by atoms with E-state index in [-0.39, 0.29) is 18.4 Å². The summed E-state index contributed by atoms with van der Waals surface area (Å²) >= 11 is 0. The van der Waals surface area contributed by atoms with Crippen LogP contribution in [-0.2, 0) is 16.0 Å². The summed E-state index contributed by atoms with van der Waals surface area (Å²) in [5.41, 5.74) is 2.76. The Hall–Kier alpha value is -3.29. The van der Waals surface area contributed by atoms with Crippen molar-refractivity contribution in [1.29, 1.82) is 0 Å². The number of ether oxygens (including phenoxy) is 1. The van der Waals surface area contributed by atoms with Crippen molar-refractivity contribution in [3.05, 3.63) is 45.0 Å². The number of furan rings is 1. The van der Waals surface area contributed by atoms with Crippen LogP contribution in [0.25, 0.3) is 21.9 Å². The highest BCUT2D eigenvalue weighted by atomic mass is 16.6. The van der Waals surface area contributed by atoms with Gasteiger partial charge in [0.1, 0.15) is 16.9 Å². The highest BCUT2D eigenvalue weighted by Crippen LogP contribution is 2.31. The number of carbonyl (C=O) groups is 2.